The van der Waals surface area contributed by atoms with Crippen LogP contribution in [0.25, 0.3) is 16.6 Å². The number of anilines is 2. The fourth-order valence-electron chi connectivity index (χ4n) is 4.53. The second-order valence-electron chi connectivity index (χ2n) is 9.28. The number of hydrogen-bond donors (Lipinski definition) is 3. The molecule has 0 unspecified atom stereocenters. The quantitative estimate of drug-likeness (QED) is 0.332. The molecule has 188 valence electrons. The molecule has 35 heavy (non-hydrogen) atoms. The molecule has 1 saturated heterocycles. The van der Waals surface area contributed by atoms with Crippen LogP contribution in [-0.2, 0) is 11.3 Å². The van der Waals surface area contributed by atoms with Gasteiger partial charge >= 0.3 is 0 Å². The summed E-state index contributed by atoms with van der Waals surface area (Å²) < 4.78 is 2.13. The van der Waals surface area contributed by atoms with Crippen LogP contribution in [0.2, 0.25) is 0 Å². The average molecular weight is 478 g/mol. The van der Waals surface area contributed by atoms with E-state index in [0.717, 1.165) is 87.2 Å². The summed E-state index contributed by atoms with van der Waals surface area (Å²) in [5, 5.41) is 11.0. The molecule has 0 aliphatic carbocycles. The highest BCUT2D eigenvalue weighted by Gasteiger charge is 2.15. The second-order valence-corrected chi connectivity index (χ2v) is 9.28. The standard InChI is InChI=1S/C27H39N7O/c1-3-13-30-26-23-11-10-22(18-24(23)31-27(28-2)32-26)34-17-12-21(20-34)19-29-14-6-5-9-25(35)33-15-7-4-8-16-33/h10-12,17-18,20,29H,3-9,13-16,19H2,1-2H3,(H2,28,30,31,32). The number of rotatable bonds is 12. The Morgan fingerprint density at radius 2 is 1.91 bits per heavy atom. The van der Waals surface area contributed by atoms with Gasteiger partial charge in [0.25, 0.3) is 0 Å². The number of hydrogen-bond acceptors (Lipinski definition) is 6. The molecule has 1 aliphatic heterocycles. The first-order chi connectivity index (χ1) is 17.2. The van der Waals surface area contributed by atoms with Crippen LogP contribution in [0.1, 0.15) is 57.4 Å². The summed E-state index contributed by atoms with van der Waals surface area (Å²) in [7, 11) is 1.84. The first-order valence-corrected chi connectivity index (χ1v) is 13.1. The van der Waals surface area contributed by atoms with Crippen LogP contribution in [-0.4, -0.2) is 58.6 Å². The second kappa shape index (κ2) is 12.5. The smallest absolute Gasteiger partial charge is 0.224 e. The van der Waals surface area contributed by atoms with Crippen LogP contribution in [0.5, 0.6) is 0 Å². The number of benzene rings is 1. The van der Waals surface area contributed by atoms with Crippen LogP contribution in [0, 0.1) is 0 Å². The van der Waals surface area contributed by atoms with Crippen molar-refractivity contribution in [3.05, 3.63) is 42.2 Å². The van der Waals surface area contributed by atoms with Gasteiger partial charge in [-0.15, -0.1) is 0 Å². The molecule has 1 aromatic carbocycles. The van der Waals surface area contributed by atoms with Crippen molar-refractivity contribution >= 4 is 28.6 Å². The zero-order valence-corrected chi connectivity index (χ0v) is 21.1. The minimum Gasteiger partial charge on any atom is -0.369 e. The third-order valence-electron chi connectivity index (χ3n) is 6.53. The summed E-state index contributed by atoms with van der Waals surface area (Å²) >= 11 is 0. The van der Waals surface area contributed by atoms with E-state index in [2.05, 4.69) is 74.1 Å². The molecular weight excluding hydrogens is 438 g/mol. The van der Waals surface area contributed by atoms with Gasteiger partial charge in [-0.3, -0.25) is 4.79 Å². The van der Waals surface area contributed by atoms with Crippen LogP contribution >= 0.6 is 0 Å². The number of amides is 1. The van der Waals surface area contributed by atoms with E-state index in [1.165, 1.54) is 12.0 Å². The predicted molar refractivity (Wildman–Crippen MR) is 143 cm³/mol. The molecular formula is C27H39N7O. The van der Waals surface area contributed by atoms with E-state index in [4.69, 9.17) is 0 Å². The number of nitrogens with zero attached hydrogens (tertiary/aromatic N) is 4. The molecule has 3 heterocycles. The van der Waals surface area contributed by atoms with E-state index in [9.17, 15) is 4.79 Å². The van der Waals surface area contributed by atoms with E-state index >= 15 is 0 Å². The molecule has 8 nitrogen and oxygen atoms in total. The first kappa shape index (κ1) is 25.0. The monoisotopic (exact) mass is 477 g/mol. The summed E-state index contributed by atoms with van der Waals surface area (Å²) in [6.45, 7) is 6.66. The number of carbonyl (C=O) groups excluding carboxylic acids is 1. The fourth-order valence-corrected chi connectivity index (χ4v) is 4.53. The maximum Gasteiger partial charge on any atom is 0.224 e. The van der Waals surface area contributed by atoms with Gasteiger partial charge in [0.2, 0.25) is 11.9 Å². The highest BCUT2D eigenvalue weighted by molar-refractivity contribution is 5.91. The van der Waals surface area contributed by atoms with Crippen molar-refractivity contribution in [2.24, 2.45) is 0 Å². The molecule has 0 saturated carbocycles. The predicted octanol–water partition coefficient (Wildman–Crippen LogP) is 4.56. The lowest BCUT2D eigenvalue weighted by molar-refractivity contribution is -0.132. The lowest BCUT2D eigenvalue weighted by Gasteiger charge is -2.26. The summed E-state index contributed by atoms with van der Waals surface area (Å²) in [4.78, 5) is 23.5. The largest absolute Gasteiger partial charge is 0.369 e. The van der Waals surface area contributed by atoms with Crippen molar-refractivity contribution in [3.63, 3.8) is 0 Å². The molecule has 3 aromatic rings. The zero-order valence-electron chi connectivity index (χ0n) is 21.1. The van der Waals surface area contributed by atoms with Crippen LogP contribution in [0.4, 0.5) is 11.8 Å². The van der Waals surface area contributed by atoms with Crippen molar-refractivity contribution in [1.29, 1.82) is 0 Å². The Kier molecular flexibility index (Phi) is 8.95. The molecule has 1 fully saturated rings. The number of fused-ring (bicyclic) bond motifs is 1. The molecule has 2 aromatic heterocycles. The molecule has 0 bridgehead atoms. The maximum absolute atomic E-state index is 12.3. The topological polar surface area (TPSA) is 87.1 Å². The van der Waals surface area contributed by atoms with Gasteiger partial charge in [0.05, 0.1) is 5.52 Å². The van der Waals surface area contributed by atoms with E-state index in [0.29, 0.717) is 18.3 Å². The molecule has 1 aliphatic rings. The number of piperidine rings is 1. The van der Waals surface area contributed by atoms with Gasteiger partial charge in [-0.2, -0.15) is 4.98 Å². The average Bonchev–Trinajstić information content (AvgIpc) is 3.38. The van der Waals surface area contributed by atoms with Crippen molar-refractivity contribution in [3.8, 4) is 5.69 Å². The van der Waals surface area contributed by atoms with Gasteiger partial charge < -0.3 is 25.4 Å². The molecule has 0 radical (unpaired) electrons. The summed E-state index contributed by atoms with van der Waals surface area (Å²) in [5.74, 6) is 1.81. The van der Waals surface area contributed by atoms with Gasteiger partial charge in [-0.1, -0.05) is 6.92 Å². The lowest BCUT2D eigenvalue weighted by atomic mass is 10.1. The van der Waals surface area contributed by atoms with Crippen molar-refractivity contribution in [1.82, 2.24) is 24.8 Å². The lowest BCUT2D eigenvalue weighted by Crippen LogP contribution is -2.35. The minimum atomic E-state index is 0.331. The van der Waals surface area contributed by atoms with Crippen molar-refractivity contribution in [2.45, 2.75) is 58.4 Å². The highest BCUT2D eigenvalue weighted by Crippen LogP contribution is 2.25. The zero-order chi connectivity index (χ0) is 24.5. The number of unbranched alkanes of at least 4 members (excludes halogenated alkanes) is 1. The van der Waals surface area contributed by atoms with Crippen LogP contribution < -0.4 is 16.0 Å². The maximum atomic E-state index is 12.3. The Labute approximate surface area is 208 Å². The molecule has 1 amide bonds. The first-order valence-electron chi connectivity index (χ1n) is 13.1. The van der Waals surface area contributed by atoms with Gasteiger partial charge in [0, 0.05) is 63.1 Å². The molecule has 0 spiro atoms. The third-order valence-corrected chi connectivity index (χ3v) is 6.53. The number of carbonyl (C=O) groups is 1. The molecule has 4 rings (SSSR count). The minimum absolute atomic E-state index is 0.331. The number of aromatic nitrogens is 3. The normalized spacial score (nSPS) is 13.8. The van der Waals surface area contributed by atoms with E-state index in [1.807, 2.05) is 11.9 Å². The van der Waals surface area contributed by atoms with Crippen molar-refractivity contribution in [2.75, 3.05) is 43.9 Å². The van der Waals surface area contributed by atoms with Gasteiger partial charge in [0.15, 0.2) is 0 Å². The summed E-state index contributed by atoms with van der Waals surface area (Å²) in [6.07, 6.45) is 11.5. The van der Waals surface area contributed by atoms with E-state index < -0.39 is 0 Å². The van der Waals surface area contributed by atoms with Gasteiger partial charge in [-0.25, -0.2) is 4.98 Å². The van der Waals surface area contributed by atoms with Crippen molar-refractivity contribution < 1.29 is 4.79 Å². The van der Waals surface area contributed by atoms with E-state index in [-0.39, 0.29) is 0 Å². The number of likely N-dealkylation sites (tertiary alicyclic amines) is 1. The van der Waals surface area contributed by atoms with Gasteiger partial charge in [-0.05, 0) is 74.9 Å². The molecule has 0 atom stereocenters. The van der Waals surface area contributed by atoms with E-state index in [1.54, 1.807) is 0 Å². The third kappa shape index (κ3) is 6.72. The molecule has 3 N–H and O–H groups in total. The van der Waals surface area contributed by atoms with Crippen LogP contribution in [0.3, 0.4) is 0 Å². The molecule has 8 heteroatoms. The Morgan fingerprint density at radius 3 is 2.71 bits per heavy atom. The Morgan fingerprint density at radius 1 is 1.06 bits per heavy atom. The Balaban J connectivity index is 1.28. The van der Waals surface area contributed by atoms with Gasteiger partial charge in [0.1, 0.15) is 5.82 Å². The Bertz CT molecular complexity index is 1100. The number of nitrogens with one attached hydrogen (secondary N) is 3. The fraction of sp³-hybridized carbons (Fsp3) is 0.519. The van der Waals surface area contributed by atoms with Crippen LogP contribution in [0.15, 0.2) is 36.7 Å². The summed E-state index contributed by atoms with van der Waals surface area (Å²) in [5.41, 5.74) is 3.22. The highest BCUT2D eigenvalue weighted by atomic mass is 16.2. The Hall–Kier alpha value is -3.13. The SMILES string of the molecule is CCCNc1nc(NC)nc2cc(-n3ccc(CNCCCCC(=O)N4CCCCC4)c3)ccc12. The summed E-state index contributed by atoms with van der Waals surface area (Å²) in [6, 6.07) is 8.44.